The second-order valence-corrected chi connectivity index (χ2v) is 3.74. The normalized spacial score (nSPS) is 10.5. The summed E-state index contributed by atoms with van der Waals surface area (Å²) >= 11 is 0. The van der Waals surface area contributed by atoms with Crippen molar-refractivity contribution in [2.75, 3.05) is 0 Å². The lowest BCUT2D eigenvalue weighted by Gasteiger charge is -2.02. The molecule has 15 heavy (non-hydrogen) atoms. The van der Waals surface area contributed by atoms with Crippen LogP contribution < -0.4 is 0 Å². The summed E-state index contributed by atoms with van der Waals surface area (Å²) in [6.45, 7) is 1.58. The zero-order valence-electron chi connectivity index (χ0n) is 8.53. The van der Waals surface area contributed by atoms with Crippen molar-refractivity contribution in [3.63, 3.8) is 0 Å². The summed E-state index contributed by atoms with van der Waals surface area (Å²) in [5.41, 5.74) is 1.01. The Labute approximate surface area is 88.2 Å². The zero-order valence-corrected chi connectivity index (χ0v) is 8.53. The molecule has 0 radical (unpaired) electrons. The summed E-state index contributed by atoms with van der Waals surface area (Å²) in [5.74, 6) is 0.426. The molecule has 2 heteroatoms. The van der Waals surface area contributed by atoms with Gasteiger partial charge in [0.1, 0.15) is 11.5 Å². The van der Waals surface area contributed by atoms with Crippen molar-refractivity contribution in [1.29, 1.82) is 0 Å². The van der Waals surface area contributed by atoms with E-state index in [1.807, 2.05) is 24.3 Å². The highest BCUT2D eigenvalue weighted by atomic mass is 16.3. The van der Waals surface area contributed by atoms with Crippen LogP contribution in [0.15, 0.2) is 36.4 Å². The summed E-state index contributed by atoms with van der Waals surface area (Å²) in [5, 5.41) is 11.3. The van der Waals surface area contributed by atoms with Gasteiger partial charge in [0.05, 0.1) is 0 Å². The lowest BCUT2D eigenvalue weighted by Crippen LogP contribution is -1.95. The molecule has 0 bridgehead atoms. The van der Waals surface area contributed by atoms with Crippen molar-refractivity contribution in [2.24, 2.45) is 0 Å². The number of rotatable bonds is 2. The number of carbonyl (C=O) groups is 1. The molecule has 1 N–H and O–H groups in total. The van der Waals surface area contributed by atoms with E-state index in [-0.39, 0.29) is 11.5 Å². The molecule has 2 aromatic carbocycles. The molecule has 0 aliphatic carbocycles. The van der Waals surface area contributed by atoms with Gasteiger partial charge in [-0.15, -0.1) is 0 Å². The fourth-order valence-electron chi connectivity index (χ4n) is 1.68. The Kier molecular flexibility index (Phi) is 2.42. The number of phenolic OH excluding ortho intramolecular Hbond substituents is 1. The average molecular weight is 200 g/mol. The molecular formula is C13H12O2. The monoisotopic (exact) mass is 200 g/mol. The Balaban J connectivity index is 2.47. The number of ketones is 1. The first-order valence-electron chi connectivity index (χ1n) is 4.86. The van der Waals surface area contributed by atoms with E-state index in [2.05, 4.69) is 0 Å². The van der Waals surface area contributed by atoms with Crippen LogP contribution in [0.4, 0.5) is 0 Å². The smallest absolute Gasteiger partial charge is 0.134 e. The maximum atomic E-state index is 11.0. The van der Waals surface area contributed by atoms with E-state index in [0.29, 0.717) is 6.42 Å². The number of hydrogen-bond acceptors (Lipinski definition) is 2. The molecule has 0 atom stereocenters. The molecule has 0 aliphatic rings. The largest absolute Gasteiger partial charge is 0.508 e. The molecule has 2 aromatic rings. The minimum atomic E-state index is 0.160. The first kappa shape index (κ1) is 9.71. The van der Waals surface area contributed by atoms with E-state index in [4.69, 9.17) is 0 Å². The van der Waals surface area contributed by atoms with Crippen molar-refractivity contribution < 1.29 is 9.90 Å². The number of carbonyl (C=O) groups excluding carboxylic acids is 1. The number of aromatic hydroxyl groups is 1. The third kappa shape index (κ3) is 2.15. The second kappa shape index (κ2) is 3.73. The van der Waals surface area contributed by atoms with Crippen LogP contribution in [0.2, 0.25) is 0 Å². The van der Waals surface area contributed by atoms with Crippen molar-refractivity contribution in [3.05, 3.63) is 42.0 Å². The Hall–Kier alpha value is -1.83. The van der Waals surface area contributed by atoms with Gasteiger partial charge in [-0.3, -0.25) is 4.79 Å². The standard InChI is InChI=1S/C13H12O2/c1-9(14)6-10-2-3-12-8-13(15)5-4-11(12)7-10/h2-5,7-8,15H,6H2,1H3. The third-order valence-electron chi connectivity index (χ3n) is 2.34. The lowest BCUT2D eigenvalue weighted by molar-refractivity contribution is -0.116. The van der Waals surface area contributed by atoms with Gasteiger partial charge in [0, 0.05) is 6.42 Å². The topological polar surface area (TPSA) is 37.3 Å². The molecule has 0 unspecified atom stereocenters. The molecule has 0 heterocycles. The summed E-state index contributed by atoms with van der Waals surface area (Å²) in [6, 6.07) is 11.0. The maximum Gasteiger partial charge on any atom is 0.134 e. The highest BCUT2D eigenvalue weighted by molar-refractivity contribution is 5.86. The predicted molar refractivity (Wildman–Crippen MR) is 60.0 cm³/mol. The van der Waals surface area contributed by atoms with Crippen LogP contribution in [-0.2, 0) is 11.2 Å². The van der Waals surface area contributed by atoms with Crippen LogP contribution in [0.25, 0.3) is 10.8 Å². The molecule has 0 saturated heterocycles. The number of benzene rings is 2. The Morgan fingerprint density at radius 1 is 1.13 bits per heavy atom. The third-order valence-corrected chi connectivity index (χ3v) is 2.34. The Morgan fingerprint density at radius 2 is 1.80 bits per heavy atom. The van der Waals surface area contributed by atoms with Gasteiger partial charge in [-0.2, -0.15) is 0 Å². The van der Waals surface area contributed by atoms with Gasteiger partial charge < -0.3 is 5.11 Å². The van der Waals surface area contributed by atoms with E-state index in [9.17, 15) is 9.90 Å². The highest BCUT2D eigenvalue weighted by Crippen LogP contribution is 2.21. The van der Waals surface area contributed by atoms with E-state index >= 15 is 0 Å². The Morgan fingerprint density at radius 3 is 2.53 bits per heavy atom. The molecule has 0 spiro atoms. The van der Waals surface area contributed by atoms with Crippen LogP contribution in [0.1, 0.15) is 12.5 Å². The average Bonchev–Trinajstić information content (AvgIpc) is 2.17. The van der Waals surface area contributed by atoms with Crippen LogP contribution in [-0.4, -0.2) is 10.9 Å². The van der Waals surface area contributed by atoms with Gasteiger partial charge >= 0.3 is 0 Å². The molecule has 76 valence electrons. The molecule has 2 rings (SSSR count). The summed E-state index contributed by atoms with van der Waals surface area (Å²) in [4.78, 5) is 11.0. The van der Waals surface area contributed by atoms with E-state index < -0.39 is 0 Å². The van der Waals surface area contributed by atoms with Crippen molar-refractivity contribution in [2.45, 2.75) is 13.3 Å². The molecule has 0 aliphatic heterocycles. The predicted octanol–water partition coefficient (Wildman–Crippen LogP) is 2.68. The van der Waals surface area contributed by atoms with Crippen molar-refractivity contribution in [3.8, 4) is 5.75 Å². The zero-order chi connectivity index (χ0) is 10.8. The van der Waals surface area contributed by atoms with E-state index in [0.717, 1.165) is 16.3 Å². The van der Waals surface area contributed by atoms with E-state index in [1.54, 1.807) is 19.1 Å². The van der Waals surface area contributed by atoms with Crippen molar-refractivity contribution >= 4 is 16.6 Å². The number of phenols is 1. The SMILES string of the molecule is CC(=O)Cc1ccc2cc(O)ccc2c1. The molecule has 0 saturated carbocycles. The van der Waals surface area contributed by atoms with Crippen LogP contribution in [0, 0.1) is 0 Å². The molecule has 0 fully saturated rings. The minimum Gasteiger partial charge on any atom is -0.508 e. The molecular weight excluding hydrogens is 188 g/mol. The first-order chi connectivity index (χ1) is 7.15. The molecule has 0 aromatic heterocycles. The highest BCUT2D eigenvalue weighted by Gasteiger charge is 2.00. The van der Waals surface area contributed by atoms with Crippen molar-refractivity contribution in [1.82, 2.24) is 0 Å². The number of hydrogen-bond donors (Lipinski definition) is 1. The van der Waals surface area contributed by atoms with Gasteiger partial charge in [0.15, 0.2) is 0 Å². The number of Topliss-reactive ketones (excluding diaryl/α,β-unsaturated/α-hetero) is 1. The van der Waals surface area contributed by atoms with Gasteiger partial charge in [0.2, 0.25) is 0 Å². The molecule has 0 amide bonds. The number of fused-ring (bicyclic) bond motifs is 1. The van der Waals surface area contributed by atoms with Gasteiger partial charge in [0.25, 0.3) is 0 Å². The van der Waals surface area contributed by atoms with E-state index in [1.165, 1.54) is 0 Å². The summed E-state index contributed by atoms with van der Waals surface area (Å²) in [6.07, 6.45) is 0.469. The quantitative estimate of drug-likeness (QED) is 0.809. The van der Waals surface area contributed by atoms with Gasteiger partial charge in [-0.05, 0) is 35.4 Å². The Bertz CT molecular complexity index is 515. The van der Waals surface area contributed by atoms with Crippen LogP contribution >= 0.6 is 0 Å². The first-order valence-corrected chi connectivity index (χ1v) is 4.86. The summed E-state index contributed by atoms with van der Waals surface area (Å²) in [7, 11) is 0. The summed E-state index contributed by atoms with van der Waals surface area (Å²) < 4.78 is 0. The van der Waals surface area contributed by atoms with Gasteiger partial charge in [-0.1, -0.05) is 24.3 Å². The maximum absolute atomic E-state index is 11.0. The minimum absolute atomic E-state index is 0.160. The van der Waals surface area contributed by atoms with Gasteiger partial charge in [-0.25, -0.2) is 0 Å². The fourth-order valence-corrected chi connectivity index (χ4v) is 1.68. The molecule has 2 nitrogen and oxygen atoms in total. The van der Waals surface area contributed by atoms with Crippen LogP contribution in [0.3, 0.4) is 0 Å². The van der Waals surface area contributed by atoms with Crippen LogP contribution in [0.5, 0.6) is 5.75 Å². The second-order valence-electron chi connectivity index (χ2n) is 3.74. The lowest BCUT2D eigenvalue weighted by atomic mass is 10.0. The fraction of sp³-hybridized carbons (Fsp3) is 0.154.